The van der Waals surface area contributed by atoms with Crippen LogP contribution in [0.1, 0.15) is 37.5 Å². The van der Waals surface area contributed by atoms with E-state index in [1.165, 1.54) is 12.8 Å². The second-order valence-corrected chi connectivity index (χ2v) is 8.69. The number of nitrogens with one attached hydrogen (secondary N) is 1. The van der Waals surface area contributed by atoms with Crippen molar-refractivity contribution in [3.05, 3.63) is 53.5 Å². The first-order chi connectivity index (χ1) is 15.7. The molecule has 1 saturated heterocycles. The molecule has 2 amide bonds. The number of anilines is 2. The fourth-order valence-electron chi connectivity index (χ4n) is 4.30. The lowest BCUT2D eigenvalue weighted by atomic mass is 10.1. The molecule has 1 aliphatic carbocycles. The summed E-state index contributed by atoms with van der Waals surface area (Å²) >= 11 is 5.99. The van der Waals surface area contributed by atoms with Crippen LogP contribution in [-0.4, -0.2) is 52.2 Å². The predicted octanol–water partition coefficient (Wildman–Crippen LogP) is 4.80. The number of carbonyl (C=O) groups excluding carboxylic acids is 1. The first-order valence-electron chi connectivity index (χ1n) is 11.0. The molecule has 5 rings (SSSR count). The van der Waals surface area contributed by atoms with Crippen LogP contribution in [0.15, 0.2) is 47.1 Å². The molecule has 3 aromatic rings. The van der Waals surface area contributed by atoms with Gasteiger partial charge in [0.15, 0.2) is 0 Å². The Hall–Kier alpha value is -3.13. The van der Waals surface area contributed by atoms with Crippen molar-refractivity contribution in [3.63, 3.8) is 0 Å². The Morgan fingerprint density at radius 3 is 2.62 bits per heavy atom. The first-order valence-corrected chi connectivity index (χ1v) is 11.4. The van der Waals surface area contributed by atoms with E-state index < -0.39 is 0 Å². The fourth-order valence-corrected chi connectivity index (χ4v) is 4.49. The van der Waals surface area contributed by atoms with Crippen LogP contribution in [0.5, 0.6) is 0 Å². The predicted molar refractivity (Wildman–Crippen MR) is 123 cm³/mol. The number of carbonyl (C=O) groups is 1. The van der Waals surface area contributed by atoms with Crippen molar-refractivity contribution < 1.29 is 9.32 Å². The Morgan fingerprint density at radius 2 is 1.91 bits per heavy atom. The van der Waals surface area contributed by atoms with Crippen LogP contribution < -0.4 is 10.2 Å². The Bertz CT molecular complexity index is 1070. The molecule has 0 spiro atoms. The standard InChI is InChI=1S/C23H25ClN6O2/c24-18-6-3-7-19(14-18)26-23(31)30-12-10-29(11-13-30)20-9-8-17(15-25-20)21-27-22(32-28-21)16-4-1-2-5-16/h3,6-9,14-16H,1-2,4-5,10-13H2,(H,26,31). The zero-order chi connectivity index (χ0) is 21.9. The molecular weight excluding hydrogens is 428 g/mol. The first kappa shape index (κ1) is 20.8. The molecule has 2 fully saturated rings. The third-order valence-corrected chi connectivity index (χ3v) is 6.35. The highest BCUT2D eigenvalue weighted by Crippen LogP contribution is 2.34. The minimum absolute atomic E-state index is 0.120. The Morgan fingerprint density at radius 1 is 1.09 bits per heavy atom. The molecule has 2 aliphatic rings. The Labute approximate surface area is 191 Å². The van der Waals surface area contributed by atoms with Gasteiger partial charge in [0, 0.05) is 54.6 Å². The summed E-state index contributed by atoms with van der Waals surface area (Å²) < 4.78 is 5.48. The molecule has 1 aromatic carbocycles. The molecule has 9 heteroatoms. The van der Waals surface area contributed by atoms with Crippen molar-refractivity contribution in [1.82, 2.24) is 20.0 Å². The minimum Gasteiger partial charge on any atom is -0.353 e. The second-order valence-electron chi connectivity index (χ2n) is 8.26. The molecule has 8 nitrogen and oxygen atoms in total. The van der Waals surface area contributed by atoms with Gasteiger partial charge in [-0.15, -0.1) is 0 Å². The maximum Gasteiger partial charge on any atom is 0.321 e. The average Bonchev–Trinajstić information content (AvgIpc) is 3.52. The molecule has 3 heterocycles. The van der Waals surface area contributed by atoms with E-state index in [1.807, 2.05) is 24.3 Å². The monoisotopic (exact) mass is 452 g/mol. The van der Waals surface area contributed by atoms with Crippen LogP contribution in [0.3, 0.4) is 0 Å². The van der Waals surface area contributed by atoms with Crippen molar-refractivity contribution in [3.8, 4) is 11.4 Å². The zero-order valence-corrected chi connectivity index (χ0v) is 18.5. The SMILES string of the molecule is O=C(Nc1cccc(Cl)c1)N1CCN(c2ccc(-c3noc(C4CCCC4)n3)cn2)CC1. The highest BCUT2D eigenvalue weighted by atomic mass is 35.5. The summed E-state index contributed by atoms with van der Waals surface area (Å²) in [4.78, 5) is 25.7. The molecule has 1 aliphatic heterocycles. The lowest BCUT2D eigenvalue weighted by molar-refractivity contribution is 0.208. The van der Waals surface area contributed by atoms with Crippen molar-refractivity contribution in [2.24, 2.45) is 0 Å². The number of nitrogens with zero attached hydrogens (tertiary/aromatic N) is 5. The van der Waals surface area contributed by atoms with E-state index in [-0.39, 0.29) is 6.03 Å². The van der Waals surface area contributed by atoms with Crippen molar-refractivity contribution in [1.29, 1.82) is 0 Å². The van der Waals surface area contributed by atoms with Gasteiger partial charge in [0.25, 0.3) is 0 Å². The summed E-state index contributed by atoms with van der Waals surface area (Å²) in [5, 5.41) is 7.64. The maximum atomic E-state index is 12.5. The van der Waals surface area contributed by atoms with E-state index in [4.69, 9.17) is 16.1 Å². The molecule has 2 aromatic heterocycles. The van der Waals surface area contributed by atoms with E-state index in [0.29, 0.717) is 48.6 Å². The number of rotatable bonds is 4. The smallest absolute Gasteiger partial charge is 0.321 e. The highest BCUT2D eigenvalue weighted by molar-refractivity contribution is 6.30. The summed E-state index contributed by atoms with van der Waals surface area (Å²) in [5.41, 5.74) is 1.54. The summed E-state index contributed by atoms with van der Waals surface area (Å²) in [5.74, 6) is 2.61. The van der Waals surface area contributed by atoms with E-state index >= 15 is 0 Å². The number of hydrogen-bond donors (Lipinski definition) is 1. The van der Waals surface area contributed by atoms with Gasteiger partial charge >= 0.3 is 6.03 Å². The second kappa shape index (κ2) is 9.16. The Kier molecular flexibility index (Phi) is 5.94. The van der Waals surface area contributed by atoms with Crippen LogP contribution in [0.25, 0.3) is 11.4 Å². The largest absolute Gasteiger partial charge is 0.353 e. The van der Waals surface area contributed by atoms with Crippen molar-refractivity contribution >= 4 is 29.1 Å². The molecule has 0 radical (unpaired) electrons. The molecular formula is C23H25ClN6O2. The van der Waals surface area contributed by atoms with Gasteiger partial charge in [0.1, 0.15) is 5.82 Å². The normalized spacial score (nSPS) is 17.0. The molecule has 0 unspecified atom stereocenters. The van der Waals surface area contributed by atoms with Crippen LogP contribution >= 0.6 is 11.6 Å². The summed E-state index contributed by atoms with van der Waals surface area (Å²) in [7, 11) is 0. The third kappa shape index (κ3) is 4.55. The van der Waals surface area contributed by atoms with Crippen LogP contribution in [-0.2, 0) is 0 Å². The number of halogens is 1. The lowest BCUT2D eigenvalue weighted by Gasteiger charge is -2.35. The highest BCUT2D eigenvalue weighted by Gasteiger charge is 2.24. The van der Waals surface area contributed by atoms with Gasteiger partial charge < -0.3 is 19.6 Å². The van der Waals surface area contributed by atoms with Crippen LogP contribution in [0.2, 0.25) is 5.02 Å². The van der Waals surface area contributed by atoms with Gasteiger partial charge in [0.2, 0.25) is 11.7 Å². The van der Waals surface area contributed by atoms with Crippen molar-refractivity contribution in [2.45, 2.75) is 31.6 Å². The average molecular weight is 453 g/mol. The number of urea groups is 1. The molecule has 166 valence electrons. The molecule has 1 saturated carbocycles. The number of aromatic nitrogens is 3. The third-order valence-electron chi connectivity index (χ3n) is 6.12. The summed E-state index contributed by atoms with van der Waals surface area (Å²) in [6.07, 6.45) is 6.50. The van der Waals surface area contributed by atoms with Gasteiger partial charge in [-0.3, -0.25) is 0 Å². The van der Waals surface area contributed by atoms with Gasteiger partial charge in [-0.25, -0.2) is 9.78 Å². The van der Waals surface area contributed by atoms with Gasteiger partial charge in [0.05, 0.1) is 0 Å². The van der Waals surface area contributed by atoms with E-state index in [2.05, 4.69) is 25.3 Å². The van der Waals surface area contributed by atoms with Gasteiger partial charge in [-0.2, -0.15) is 4.98 Å². The summed E-state index contributed by atoms with van der Waals surface area (Å²) in [6.45, 7) is 2.66. The van der Waals surface area contributed by atoms with E-state index in [9.17, 15) is 4.79 Å². The fraction of sp³-hybridized carbons (Fsp3) is 0.391. The zero-order valence-electron chi connectivity index (χ0n) is 17.7. The number of piperazine rings is 1. The quantitative estimate of drug-likeness (QED) is 0.612. The molecule has 32 heavy (non-hydrogen) atoms. The minimum atomic E-state index is -0.120. The van der Waals surface area contributed by atoms with Crippen LogP contribution in [0, 0.1) is 0 Å². The van der Waals surface area contributed by atoms with E-state index in [0.717, 1.165) is 30.1 Å². The van der Waals surface area contributed by atoms with Gasteiger partial charge in [-0.1, -0.05) is 35.7 Å². The number of hydrogen-bond acceptors (Lipinski definition) is 6. The van der Waals surface area contributed by atoms with E-state index in [1.54, 1.807) is 23.2 Å². The molecule has 1 N–H and O–H groups in total. The molecule has 0 atom stereocenters. The molecule has 0 bridgehead atoms. The van der Waals surface area contributed by atoms with Gasteiger partial charge in [-0.05, 0) is 43.2 Å². The number of pyridine rings is 1. The summed E-state index contributed by atoms with van der Waals surface area (Å²) in [6, 6.07) is 11.0. The maximum absolute atomic E-state index is 12.5. The number of amides is 2. The lowest BCUT2D eigenvalue weighted by Crippen LogP contribution is -2.50. The Balaban J connectivity index is 1.17. The number of benzene rings is 1. The topological polar surface area (TPSA) is 87.4 Å². The van der Waals surface area contributed by atoms with Crippen molar-refractivity contribution in [2.75, 3.05) is 36.4 Å². The van der Waals surface area contributed by atoms with Crippen LogP contribution in [0.4, 0.5) is 16.3 Å².